The first-order chi connectivity index (χ1) is 14.2. The topological polar surface area (TPSA) is 80.4 Å². The maximum Gasteiger partial charge on any atom is 0.258 e. The number of hydrogen-bond acceptors (Lipinski definition) is 6. The van der Waals surface area contributed by atoms with Crippen LogP contribution in [0.5, 0.6) is 5.75 Å². The normalized spacial score (nSPS) is 12.2. The van der Waals surface area contributed by atoms with Crippen molar-refractivity contribution >= 4 is 11.1 Å². The van der Waals surface area contributed by atoms with Gasteiger partial charge in [0, 0.05) is 24.8 Å². The van der Waals surface area contributed by atoms with Crippen molar-refractivity contribution in [3.05, 3.63) is 78.2 Å². The fraction of sp³-hybridized carbons (Fsp3) is 0.182. The highest BCUT2D eigenvalue weighted by Gasteiger charge is 2.12. The molecule has 4 aromatic rings. The van der Waals surface area contributed by atoms with Crippen molar-refractivity contribution in [2.45, 2.75) is 12.6 Å². The van der Waals surface area contributed by atoms with Gasteiger partial charge in [0.15, 0.2) is 0 Å². The summed E-state index contributed by atoms with van der Waals surface area (Å²) in [6, 6.07) is 17.4. The summed E-state index contributed by atoms with van der Waals surface area (Å²) < 4.78 is 23.9. The van der Waals surface area contributed by atoms with Crippen molar-refractivity contribution in [2.24, 2.45) is 0 Å². The number of pyridine rings is 1. The van der Waals surface area contributed by atoms with Gasteiger partial charge in [-0.3, -0.25) is 0 Å². The van der Waals surface area contributed by atoms with Crippen LogP contribution < -0.4 is 10.1 Å². The molecule has 29 heavy (non-hydrogen) atoms. The Hall–Kier alpha value is -3.29. The summed E-state index contributed by atoms with van der Waals surface area (Å²) in [6.07, 6.45) is 0.971. The fourth-order valence-electron chi connectivity index (χ4n) is 2.96. The van der Waals surface area contributed by atoms with Gasteiger partial charge < -0.3 is 19.7 Å². The third-order valence-electron chi connectivity index (χ3n) is 4.42. The van der Waals surface area contributed by atoms with Crippen LogP contribution in [0.3, 0.4) is 0 Å². The lowest BCUT2D eigenvalue weighted by Crippen LogP contribution is -2.31. The lowest BCUT2D eigenvalue weighted by atomic mass is 10.1. The van der Waals surface area contributed by atoms with E-state index in [1.807, 2.05) is 36.4 Å². The molecule has 0 aliphatic rings. The van der Waals surface area contributed by atoms with Crippen molar-refractivity contribution < 1.29 is 18.8 Å². The van der Waals surface area contributed by atoms with Crippen LogP contribution in [0.1, 0.15) is 5.56 Å². The minimum atomic E-state index is -0.684. The van der Waals surface area contributed by atoms with E-state index in [0.29, 0.717) is 30.2 Å². The first-order valence-corrected chi connectivity index (χ1v) is 9.26. The van der Waals surface area contributed by atoms with Crippen LogP contribution in [0.2, 0.25) is 0 Å². The molecule has 2 N–H and O–H groups in total. The van der Waals surface area contributed by atoms with Crippen LogP contribution >= 0.6 is 0 Å². The van der Waals surface area contributed by atoms with Crippen molar-refractivity contribution in [1.82, 2.24) is 15.5 Å². The summed E-state index contributed by atoms with van der Waals surface area (Å²) >= 11 is 0. The third-order valence-corrected chi connectivity index (χ3v) is 4.42. The maximum absolute atomic E-state index is 12.9. The van der Waals surface area contributed by atoms with Gasteiger partial charge in [-0.05, 0) is 42.0 Å². The molecule has 2 aromatic carbocycles. The SMILES string of the molecule is OC(CNCc1ccc(F)cc1)COc1cccc(-c2noc3ncccc23)c1. The van der Waals surface area contributed by atoms with E-state index in [4.69, 9.17) is 9.26 Å². The molecule has 0 bridgehead atoms. The number of hydrogen-bond donors (Lipinski definition) is 2. The Morgan fingerprint density at radius 3 is 2.83 bits per heavy atom. The number of nitrogens with zero attached hydrogens (tertiary/aromatic N) is 2. The number of rotatable bonds is 8. The van der Waals surface area contributed by atoms with E-state index in [9.17, 15) is 9.50 Å². The number of nitrogens with one attached hydrogen (secondary N) is 1. The molecular weight excluding hydrogens is 373 g/mol. The number of benzene rings is 2. The Morgan fingerprint density at radius 2 is 1.97 bits per heavy atom. The van der Waals surface area contributed by atoms with Crippen molar-refractivity contribution in [3.63, 3.8) is 0 Å². The number of aliphatic hydroxyl groups is 1. The van der Waals surface area contributed by atoms with Crippen molar-refractivity contribution in [3.8, 4) is 17.0 Å². The highest BCUT2D eigenvalue weighted by molar-refractivity contribution is 5.89. The Kier molecular flexibility index (Phi) is 5.79. The molecule has 2 aromatic heterocycles. The molecule has 0 radical (unpaired) electrons. The first-order valence-electron chi connectivity index (χ1n) is 9.26. The quantitative estimate of drug-likeness (QED) is 0.477. The van der Waals surface area contributed by atoms with Gasteiger partial charge >= 0.3 is 0 Å². The molecule has 0 aliphatic heterocycles. The van der Waals surface area contributed by atoms with Gasteiger partial charge in [-0.25, -0.2) is 9.37 Å². The lowest BCUT2D eigenvalue weighted by Gasteiger charge is -2.14. The minimum absolute atomic E-state index is 0.140. The van der Waals surface area contributed by atoms with Gasteiger partial charge in [-0.1, -0.05) is 29.4 Å². The highest BCUT2D eigenvalue weighted by atomic mass is 19.1. The molecule has 0 aliphatic carbocycles. The molecule has 0 saturated heterocycles. The predicted octanol–water partition coefficient (Wildman–Crippen LogP) is 3.56. The molecule has 0 saturated carbocycles. The van der Waals surface area contributed by atoms with Crippen LogP contribution in [0.4, 0.5) is 4.39 Å². The third kappa shape index (κ3) is 4.77. The van der Waals surface area contributed by atoms with E-state index in [-0.39, 0.29) is 12.4 Å². The zero-order valence-electron chi connectivity index (χ0n) is 15.6. The molecule has 0 amide bonds. The number of ether oxygens (including phenoxy) is 1. The van der Waals surface area contributed by atoms with Crippen molar-refractivity contribution in [1.29, 1.82) is 0 Å². The molecule has 148 valence electrons. The van der Waals surface area contributed by atoms with Crippen molar-refractivity contribution in [2.75, 3.05) is 13.2 Å². The van der Waals surface area contributed by atoms with Gasteiger partial charge in [-0.15, -0.1) is 0 Å². The summed E-state index contributed by atoms with van der Waals surface area (Å²) in [7, 11) is 0. The van der Waals surface area contributed by atoms with Gasteiger partial charge in [0.25, 0.3) is 5.71 Å². The standard InChI is InChI=1S/C22H20FN3O3/c23-17-8-6-15(7-9-17)12-24-13-18(27)14-28-19-4-1-3-16(11-19)21-20-5-2-10-25-22(20)29-26-21/h1-11,18,24,27H,12-14H2. The summed E-state index contributed by atoms with van der Waals surface area (Å²) in [5, 5.41) is 18.2. The molecule has 2 heterocycles. The van der Waals surface area contributed by atoms with Crippen LogP contribution in [-0.2, 0) is 6.54 Å². The van der Waals surface area contributed by atoms with Crippen LogP contribution in [-0.4, -0.2) is 34.5 Å². The average molecular weight is 393 g/mol. The average Bonchev–Trinajstić information content (AvgIpc) is 3.18. The monoisotopic (exact) mass is 393 g/mol. The fourth-order valence-corrected chi connectivity index (χ4v) is 2.96. The van der Waals surface area contributed by atoms with E-state index in [0.717, 1.165) is 16.5 Å². The summed E-state index contributed by atoms with van der Waals surface area (Å²) in [5.41, 5.74) is 2.97. The summed E-state index contributed by atoms with van der Waals surface area (Å²) in [4.78, 5) is 4.15. The number of aromatic nitrogens is 2. The second-order valence-electron chi connectivity index (χ2n) is 6.64. The second-order valence-corrected chi connectivity index (χ2v) is 6.64. The first kappa shape index (κ1) is 19.0. The zero-order chi connectivity index (χ0) is 20.1. The van der Waals surface area contributed by atoms with E-state index < -0.39 is 6.10 Å². The number of fused-ring (bicyclic) bond motifs is 1. The van der Waals surface area contributed by atoms with Gasteiger partial charge in [-0.2, -0.15) is 0 Å². The van der Waals surface area contributed by atoms with E-state index in [2.05, 4.69) is 15.5 Å². The molecule has 0 fully saturated rings. The second kappa shape index (κ2) is 8.81. The Bertz CT molecular complexity index is 1080. The number of aliphatic hydroxyl groups excluding tert-OH is 1. The molecule has 4 rings (SSSR count). The van der Waals surface area contributed by atoms with E-state index in [1.165, 1.54) is 12.1 Å². The molecule has 6 nitrogen and oxygen atoms in total. The van der Waals surface area contributed by atoms with Gasteiger partial charge in [0.05, 0.1) is 5.39 Å². The minimum Gasteiger partial charge on any atom is -0.491 e. The number of halogens is 1. The van der Waals surface area contributed by atoms with E-state index in [1.54, 1.807) is 18.3 Å². The molecule has 7 heteroatoms. The molecule has 1 atom stereocenters. The Labute approximate surface area is 166 Å². The summed E-state index contributed by atoms with van der Waals surface area (Å²) in [6.45, 7) is 1.04. The van der Waals surface area contributed by atoms with Crippen LogP contribution in [0, 0.1) is 5.82 Å². The molecule has 0 spiro atoms. The molecule has 1 unspecified atom stereocenters. The summed E-state index contributed by atoms with van der Waals surface area (Å²) in [5.74, 6) is 0.361. The van der Waals surface area contributed by atoms with Crippen LogP contribution in [0.25, 0.3) is 22.4 Å². The maximum atomic E-state index is 12.9. The smallest absolute Gasteiger partial charge is 0.258 e. The Morgan fingerprint density at radius 1 is 1.10 bits per heavy atom. The van der Waals surface area contributed by atoms with Crippen LogP contribution in [0.15, 0.2) is 71.4 Å². The molecular formula is C22H20FN3O3. The van der Waals surface area contributed by atoms with E-state index >= 15 is 0 Å². The zero-order valence-corrected chi connectivity index (χ0v) is 15.6. The van der Waals surface area contributed by atoms with Gasteiger partial charge in [0.1, 0.15) is 30.0 Å². The Balaban J connectivity index is 1.32. The highest BCUT2D eigenvalue weighted by Crippen LogP contribution is 2.28. The predicted molar refractivity (Wildman–Crippen MR) is 107 cm³/mol. The van der Waals surface area contributed by atoms with Gasteiger partial charge in [0.2, 0.25) is 0 Å². The lowest BCUT2D eigenvalue weighted by molar-refractivity contribution is 0.106. The largest absolute Gasteiger partial charge is 0.491 e.